The number of morpholine rings is 1. The first kappa shape index (κ1) is 16.7. The van der Waals surface area contributed by atoms with E-state index < -0.39 is 0 Å². The first-order chi connectivity index (χ1) is 10.2. The van der Waals surface area contributed by atoms with Crippen molar-refractivity contribution in [3.63, 3.8) is 0 Å². The number of ether oxygens (including phenoxy) is 2. The summed E-state index contributed by atoms with van der Waals surface area (Å²) in [4.78, 5) is 17.1. The van der Waals surface area contributed by atoms with Gasteiger partial charge in [0.15, 0.2) is 0 Å². The van der Waals surface area contributed by atoms with Crippen LogP contribution < -0.4 is 5.32 Å². The monoisotopic (exact) mass is 299 g/mol. The highest BCUT2D eigenvalue weighted by Crippen LogP contribution is 2.15. The van der Waals surface area contributed by atoms with E-state index in [0.29, 0.717) is 12.6 Å². The largest absolute Gasteiger partial charge is 0.383 e. The summed E-state index contributed by atoms with van der Waals surface area (Å²) in [5.74, 6) is 0.187. The predicted molar refractivity (Wildman–Crippen MR) is 81.3 cm³/mol. The predicted octanol–water partition coefficient (Wildman–Crippen LogP) is -0.0675. The van der Waals surface area contributed by atoms with Gasteiger partial charge in [0.25, 0.3) is 0 Å². The minimum atomic E-state index is -0.193. The summed E-state index contributed by atoms with van der Waals surface area (Å²) in [6, 6.07) is 0.236. The molecule has 0 radical (unpaired) electrons. The van der Waals surface area contributed by atoms with Crippen molar-refractivity contribution in [1.82, 2.24) is 15.1 Å². The zero-order valence-corrected chi connectivity index (χ0v) is 13.5. The van der Waals surface area contributed by atoms with Gasteiger partial charge in [-0.2, -0.15) is 0 Å². The molecular weight excluding hydrogens is 270 g/mol. The number of carbonyl (C=O) groups excluding carboxylic acids is 1. The number of nitrogens with one attached hydrogen (secondary N) is 1. The van der Waals surface area contributed by atoms with Crippen LogP contribution in [0.2, 0.25) is 0 Å². The minimum Gasteiger partial charge on any atom is -0.383 e. The molecular formula is C15H29N3O3. The Morgan fingerprint density at radius 3 is 2.90 bits per heavy atom. The Morgan fingerprint density at radius 2 is 2.24 bits per heavy atom. The van der Waals surface area contributed by atoms with Gasteiger partial charge in [0.1, 0.15) is 6.04 Å². The lowest BCUT2D eigenvalue weighted by atomic mass is 10.1. The molecule has 122 valence electrons. The van der Waals surface area contributed by atoms with Crippen molar-refractivity contribution in [2.75, 3.05) is 53.0 Å². The minimum absolute atomic E-state index is 0.0437. The molecule has 3 atom stereocenters. The van der Waals surface area contributed by atoms with E-state index in [2.05, 4.69) is 17.1 Å². The van der Waals surface area contributed by atoms with Gasteiger partial charge in [-0.15, -0.1) is 0 Å². The summed E-state index contributed by atoms with van der Waals surface area (Å²) in [5.41, 5.74) is 0. The number of rotatable bonds is 5. The second-order valence-electron chi connectivity index (χ2n) is 5.88. The van der Waals surface area contributed by atoms with Crippen molar-refractivity contribution >= 4 is 5.91 Å². The summed E-state index contributed by atoms with van der Waals surface area (Å²) in [5, 5.41) is 3.29. The van der Waals surface area contributed by atoms with Gasteiger partial charge in [0.2, 0.25) is 5.91 Å². The molecule has 1 unspecified atom stereocenters. The van der Waals surface area contributed by atoms with Crippen LogP contribution in [0, 0.1) is 0 Å². The third-order valence-corrected chi connectivity index (χ3v) is 4.55. The van der Waals surface area contributed by atoms with Crippen LogP contribution in [-0.4, -0.2) is 86.9 Å². The van der Waals surface area contributed by atoms with Crippen molar-refractivity contribution in [3.05, 3.63) is 0 Å². The summed E-state index contributed by atoms with van der Waals surface area (Å²) in [6.45, 7) is 9.82. The lowest BCUT2D eigenvalue weighted by molar-refractivity contribution is -0.142. The fourth-order valence-electron chi connectivity index (χ4n) is 3.19. The number of hydrogen-bond acceptors (Lipinski definition) is 5. The molecule has 2 rings (SSSR count). The van der Waals surface area contributed by atoms with Gasteiger partial charge in [-0.1, -0.05) is 6.92 Å². The van der Waals surface area contributed by atoms with E-state index in [1.54, 1.807) is 7.11 Å². The number of carbonyl (C=O) groups is 1. The second kappa shape index (κ2) is 8.08. The van der Waals surface area contributed by atoms with Crippen molar-refractivity contribution in [2.45, 2.75) is 38.5 Å². The normalized spacial score (nSPS) is 31.4. The van der Waals surface area contributed by atoms with Crippen molar-refractivity contribution in [2.24, 2.45) is 0 Å². The molecule has 21 heavy (non-hydrogen) atoms. The van der Waals surface area contributed by atoms with Crippen LogP contribution in [0.5, 0.6) is 0 Å². The standard InChI is InChI=1S/C15H29N3O3/c1-4-13-11-18(7-6-17(13)8-10-20-3)15(19)14-12(2)21-9-5-16-14/h12-14,16H,4-11H2,1-3H3/t12-,13?,14+/m1/s1. The lowest BCUT2D eigenvalue weighted by Crippen LogP contribution is -2.61. The molecule has 6 heteroatoms. The van der Waals surface area contributed by atoms with Gasteiger partial charge in [-0.05, 0) is 13.3 Å². The van der Waals surface area contributed by atoms with E-state index in [1.807, 2.05) is 11.8 Å². The topological polar surface area (TPSA) is 54.0 Å². The third-order valence-electron chi connectivity index (χ3n) is 4.55. The number of piperazine rings is 1. The summed E-state index contributed by atoms with van der Waals surface area (Å²) >= 11 is 0. The van der Waals surface area contributed by atoms with Crippen molar-refractivity contribution in [1.29, 1.82) is 0 Å². The van der Waals surface area contributed by atoms with Crippen LogP contribution >= 0.6 is 0 Å². The summed E-state index contributed by atoms with van der Waals surface area (Å²) in [6.07, 6.45) is 1.01. The van der Waals surface area contributed by atoms with Crippen LogP contribution in [0.4, 0.5) is 0 Å². The van der Waals surface area contributed by atoms with Gasteiger partial charge in [0, 0.05) is 45.9 Å². The van der Waals surface area contributed by atoms with Gasteiger partial charge in [-0.25, -0.2) is 0 Å². The van der Waals surface area contributed by atoms with E-state index in [-0.39, 0.29) is 18.1 Å². The molecule has 0 spiro atoms. The quantitative estimate of drug-likeness (QED) is 0.770. The molecule has 0 saturated carbocycles. The number of methoxy groups -OCH3 is 1. The lowest BCUT2D eigenvalue weighted by Gasteiger charge is -2.43. The average Bonchev–Trinajstić information content (AvgIpc) is 2.52. The van der Waals surface area contributed by atoms with E-state index in [4.69, 9.17) is 9.47 Å². The molecule has 1 N–H and O–H groups in total. The van der Waals surface area contributed by atoms with Crippen molar-refractivity contribution < 1.29 is 14.3 Å². The van der Waals surface area contributed by atoms with E-state index in [0.717, 1.165) is 45.8 Å². The Bertz CT molecular complexity index is 340. The molecule has 2 aliphatic heterocycles. The molecule has 2 fully saturated rings. The molecule has 2 heterocycles. The molecule has 1 amide bonds. The van der Waals surface area contributed by atoms with Gasteiger partial charge >= 0.3 is 0 Å². The van der Waals surface area contributed by atoms with Crippen LogP contribution in [0.15, 0.2) is 0 Å². The molecule has 6 nitrogen and oxygen atoms in total. The van der Waals surface area contributed by atoms with Crippen LogP contribution in [0.1, 0.15) is 20.3 Å². The maximum Gasteiger partial charge on any atom is 0.242 e. The highest BCUT2D eigenvalue weighted by Gasteiger charge is 2.35. The Balaban J connectivity index is 1.91. The molecule has 2 aliphatic rings. The number of hydrogen-bond donors (Lipinski definition) is 1. The van der Waals surface area contributed by atoms with Crippen LogP contribution in [0.25, 0.3) is 0 Å². The molecule has 0 bridgehead atoms. The zero-order valence-electron chi connectivity index (χ0n) is 13.5. The molecule has 2 saturated heterocycles. The van der Waals surface area contributed by atoms with Crippen LogP contribution in [-0.2, 0) is 14.3 Å². The Hall–Kier alpha value is -0.690. The molecule has 0 aliphatic carbocycles. The smallest absolute Gasteiger partial charge is 0.242 e. The summed E-state index contributed by atoms with van der Waals surface area (Å²) in [7, 11) is 1.73. The average molecular weight is 299 g/mol. The fraction of sp³-hybridized carbons (Fsp3) is 0.933. The third kappa shape index (κ3) is 4.16. The SMILES string of the molecule is CCC1CN(C(=O)[C@H]2NCCO[C@@H]2C)CCN1CCOC. The maximum absolute atomic E-state index is 12.7. The van der Waals surface area contributed by atoms with E-state index >= 15 is 0 Å². The zero-order chi connectivity index (χ0) is 15.2. The molecule has 0 aromatic heterocycles. The Labute approximate surface area is 127 Å². The molecule has 0 aromatic carbocycles. The maximum atomic E-state index is 12.7. The van der Waals surface area contributed by atoms with E-state index in [1.165, 1.54) is 0 Å². The highest BCUT2D eigenvalue weighted by molar-refractivity contribution is 5.82. The first-order valence-corrected chi connectivity index (χ1v) is 8.04. The van der Waals surface area contributed by atoms with Crippen LogP contribution in [0.3, 0.4) is 0 Å². The Kier molecular flexibility index (Phi) is 6.41. The molecule has 0 aromatic rings. The van der Waals surface area contributed by atoms with E-state index in [9.17, 15) is 4.79 Å². The number of amides is 1. The second-order valence-corrected chi connectivity index (χ2v) is 5.88. The van der Waals surface area contributed by atoms with Gasteiger partial charge < -0.3 is 19.7 Å². The Morgan fingerprint density at radius 1 is 1.43 bits per heavy atom. The summed E-state index contributed by atoms with van der Waals surface area (Å²) < 4.78 is 10.8. The number of nitrogens with zero attached hydrogens (tertiary/aromatic N) is 2. The van der Waals surface area contributed by atoms with Gasteiger partial charge in [-0.3, -0.25) is 9.69 Å². The van der Waals surface area contributed by atoms with Crippen molar-refractivity contribution in [3.8, 4) is 0 Å². The van der Waals surface area contributed by atoms with Gasteiger partial charge in [0.05, 0.1) is 19.3 Å². The fourth-order valence-corrected chi connectivity index (χ4v) is 3.19. The first-order valence-electron chi connectivity index (χ1n) is 8.04. The highest BCUT2D eigenvalue weighted by atomic mass is 16.5.